The summed E-state index contributed by atoms with van der Waals surface area (Å²) in [5.41, 5.74) is 0. The summed E-state index contributed by atoms with van der Waals surface area (Å²) in [6, 6.07) is 8.84. The van der Waals surface area contributed by atoms with Gasteiger partial charge in [-0.1, -0.05) is 24.3 Å². The summed E-state index contributed by atoms with van der Waals surface area (Å²) in [6.07, 6.45) is 1.75. The van der Waals surface area contributed by atoms with Crippen molar-refractivity contribution in [2.45, 2.75) is 6.92 Å². The van der Waals surface area contributed by atoms with E-state index in [0.717, 1.165) is 0 Å². The zero-order valence-corrected chi connectivity index (χ0v) is 8.14. The van der Waals surface area contributed by atoms with Crippen LogP contribution in [0.2, 0.25) is 0 Å². The number of aliphatic carboxylic acids is 1. The van der Waals surface area contributed by atoms with Crippen LogP contribution in [-0.4, -0.2) is 17.7 Å². The molecule has 0 unspecified atom stereocenters. The van der Waals surface area contributed by atoms with Gasteiger partial charge in [0.25, 0.3) is 0 Å². The third-order valence-electron chi connectivity index (χ3n) is 1.11. The summed E-state index contributed by atoms with van der Waals surface area (Å²) in [7, 11) is 0. The van der Waals surface area contributed by atoms with Crippen LogP contribution >= 0.6 is 0 Å². The fourth-order valence-corrected chi connectivity index (χ4v) is 0.662. The molecule has 0 amide bonds. The molecule has 0 aliphatic rings. The van der Waals surface area contributed by atoms with Crippen LogP contribution in [0.25, 0.3) is 0 Å². The number of allylic oxidation sites excluding steroid dienone is 1. The van der Waals surface area contributed by atoms with Crippen LogP contribution in [0.4, 0.5) is 0 Å². The van der Waals surface area contributed by atoms with Gasteiger partial charge in [0.2, 0.25) is 0 Å². The van der Waals surface area contributed by atoms with Crippen molar-refractivity contribution < 1.29 is 14.6 Å². The first-order valence-corrected chi connectivity index (χ1v) is 4.17. The first-order valence-electron chi connectivity index (χ1n) is 4.17. The van der Waals surface area contributed by atoms with Crippen molar-refractivity contribution in [2.24, 2.45) is 0 Å². The van der Waals surface area contributed by atoms with Crippen LogP contribution in [0.3, 0.4) is 0 Å². The minimum Gasteiger partial charge on any atom is -0.482 e. The van der Waals surface area contributed by atoms with E-state index in [1.165, 1.54) is 0 Å². The molecule has 3 heteroatoms. The van der Waals surface area contributed by atoms with Gasteiger partial charge in [-0.25, -0.2) is 4.79 Å². The van der Waals surface area contributed by atoms with Gasteiger partial charge in [0.15, 0.2) is 6.61 Å². The third-order valence-corrected chi connectivity index (χ3v) is 1.11. The Morgan fingerprint density at radius 1 is 1.50 bits per heavy atom. The van der Waals surface area contributed by atoms with E-state index in [2.05, 4.69) is 6.58 Å². The van der Waals surface area contributed by atoms with Gasteiger partial charge < -0.3 is 9.84 Å². The number of carboxylic acids is 1. The fraction of sp³-hybridized carbons (Fsp3) is 0.182. The molecule has 1 N–H and O–H groups in total. The van der Waals surface area contributed by atoms with Gasteiger partial charge in [-0.3, -0.25) is 0 Å². The topological polar surface area (TPSA) is 46.5 Å². The van der Waals surface area contributed by atoms with E-state index in [9.17, 15) is 4.79 Å². The fourth-order valence-electron chi connectivity index (χ4n) is 0.662. The van der Waals surface area contributed by atoms with Crippen molar-refractivity contribution in [3.8, 4) is 5.75 Å². The summed E-state index contributed by atoms with van der Waals surface area (Å²) >= 11 is 0. The van der Waals surface area contributed by atoms with Crippen LogP contribution in [0, 0.1) is 0 Å². The Morgan fingerprint density at radius 3 is 2.43 bits per heavy atom. The monoisotopic (exact) mass is 194 g/mol. The molecular weight excluding hydrogens is 180 g/mol. The third kappa shape index (κ3) is 6.91. The summed E-state index contributed by atoms with van der Waals surface area (Å²) in [4.78, 5) is 10.0. The van der Waals surface area contributed by atoms with Crippen molar-refractivity contribution >= 4 is 5.97 Å². The summed E-state index contributed by atoms with van der Waals surface area (Å²) in [5.74, 6) is -0.385. The molecule has 0 aliphatic carbocycles. The maximum Gasteiger partial charge on any atom is 0.341 e. The Kier molecular flexibility index (Phi) is 6.86. The van der Waals surface area contributed by atoms with E-state index >= 15 is 0 Å². The Morgan fingerprint density at radius 2 is 2.00 bits per heavy atom. The second-order valence-corrected chi connectivity index (χ2v) is 2.40. The van der Waals surface area contributed by atoms with E-state index in [1.54, 1.807) is 30.3 Å². The van der Waals surface area contributed by atoms with Gasteiger partial charge in [-0.15, -0.1) is 6.58 Å². The highest BCUT2D eigenvalue weighted by Crippen LogP contribution is 2.07. The van der Waals surface area contributed by atoms with Crippen LogP contribution in [0.5, 0.6) is 5.75 Å². The van der Waals surface area contributed by atoms with E-state index < -0.39 is 5.97 Å². The molecule has 1 aromatic carbocycles. The Bertz CT molecular complexity index is 267. The number of ether oxygens (including phenoxy) is 1. The van der Waals surface area contributed by atoms with Gasteiger partial charge in [0.1, 0.15) is 5.75 Å². The molecule has 0 saturated carbocycles. The van der Waals surface area contributed by atoms with Crippen molar-refractivity contribution in [2.75, 3.05) is 6.61 Å². The molecule has 1 rings (SSSR count). The van der Waals surface area contributed by atoms with Gasteiger partial charge in [0, 0.05) is 0 Å². The van der Waals surface area contributed by atoms with Crippen LogP contribution in [0.1, 0.15) is 6.92 Å². The Labute approximate surface area is 83.6 Å². The normalized spacial score (nSPS) is 8.07. The minimum atomic E-state index is -0.964. The number of hydrogen-bond acceptors (Lipinski definition) is 2. The average molecular weight is 194 g/mol. The first-order chi connectivity index (χ1) is 6.70. The van der Waals surface area contributed by atoms with Crippen molar-refractivity contribution in [1.82, 2.24) is 0 Å². The first kappa shape index (κ1) is 12.2. The molecule has 3 nitrogen and oxygen atoms in total. The van der Waals surface area contributed by atoms with Crippen molar-refractivity contribution in [3.05, 3.63) is 43.0 Å². The molecular formula is C11H14O3. The summed E-state index contributed by atoms with van der Waals surface area (Å²) in [5, 5.41) is 8.25. The largest absolute Gasteiger partial charge is 0.482 e. The zero-order chi connectivity index (χ0) is 10.8. The van der Waals surface area contributed by atoms with E-state index in [4.69, 9.17) is 9.84 Å². The lowest BCUT2D eigenvalue weighted by atomic mass is 10.3. The predicted octanol–water partition coefficient (Wildman–Crippen LogP) is 2.34. The molecule has 0 fully saturated rings. The van der Waals surface area contributed by atoms with Gasteiger partial charge in [-0.2, -0.15) is 0 Å². The van der Waals surface area contributed by atoms with Crippen LogP contribution in [-0.2, 0) is 4.79 Å². The van der Waals surface area contributed by atoms with Gasteiger partial charge >= 0.3 is 5.97 Å². The molecule has 0 bridgehead atoms. The van der Waals surface area contributed by atoms with E-state index in [1.807, 2.05) is 13.0 Å². The van der Waals surface area contributed by atoms with E-state index in [0.29, 0.717) is 5.75 Å². The molecule has 0 aromatic heterocycles. The molecule has 0 radical (unpaired) electrons. The number of carboxylic acid groups (broad SMARTS) is 1. The molecule has 0 aliphatic heterocycles. The highest BCUT2D eigenvalue weighted by atomic mass is 16.5. The zero-order valence-electron chi connectivity index (χ0n) is 8.14. The second kappa shape index (κ2) is 7.86. The molecule has 76 valence electrons. The summed E-state index contributed by atoms with van der Waals surface area (Å²) < 4.78 is 4.87. The van der Waals surface area contributed by atoms with Crippen LogP contribution < -0.4 is 4.74 Å². The highest BCUT2D eigenvalue weighted by Gasteiger charge is 1.96. The van der Waals surface area contributed by atoms with E-state index in [-0.39, 0.29) is 6.61 Å². The predicted molar refractivity (Wildman–Crippen MR) is 55.4 cm³/mol. The lowest BCUT2D eigenvalue weighted by Gasteiger charge is -2.00. The summed E-state index contributed by atoms with van der Waals surface area (Å²) in [6.45, 7) is 4.96. The molecule has 1 aromatic rings. The standard InChI is InChI=1S/C8H8O3.C3H6/c9-8(10)6-11-7-4-2-1-3-5-7;1-3-2/h1-5H,6H2,(H,9,10);3H,1H2,2H3. The quantitative estimate of drug-likeness (QED) is 0.751. The average Bonchev–Trinajstić information content (AvgIpc) is 2.18. The number of para-hydroxylation sites is 1. The molecule has 0 saturated heterocycles. The van der Waals surface area contributed by atoms with Crippen LogP contribution in [0.15, 0.2) is 43.0 Å². The van der Waals surface area contributed by atoms with Crippen molar-refractivity contribution in [3.63, 3.8) is 0 Å². The number of hydrogen-bond donors (Lipinski definition) is 1. The SMILES string of the molecule is C=CC.O=C(O)COc1ccccc1. The Balaban J connectivity index is 0.000000500. The number of rotatable bonds is 3. The lowest BCUT2D eigenvalue weighted by molar-refractivity contribution is -0.139. The minimum absolute atomic E-state index is 0.288. The maximum absolute atomic E-state index is 10.0. The molecule has 0 spiro atoms. The lowest BCUT2D eigenvalue weighted by Crippen LogP contribution is -2.09. The van der Waals surface area contributed by atoms with Gasteiger partial charge in [-0.05, 0) is 19.1 Å². The maximum atomic E-state index is 10.0. The smallest absolute Gasteiger partial charge is 0.341 e. The number of benzene rings is 1. The molecule has 0 heterocycles. The molecule has 0 atom stereocenters. The number of carbonyl (C=O) groups is 1. The van der Waals surface area contributed by atoms with Crippen molar-refractivity contribution in [1.29, 1.82) is 0 Å². The highest BCUT2D eigenvalue weighted by molar-refractivity contribution is 5.68. The second-order valence-electron chi connectivity index (χ2n) is 2.40. The molecule has 14 heavy (non-hydrogen) atoms. The Hall–Kier alpha value is -1.77. The van der Waals surface area contributed by atoms with Gasteiger partial charge in [0.05, 0.1) is 0 Å².